The van der Waals surface area contributed by atoms with Crippen LogP contribution in [-0.2, 0) is 21.5 Å². The summed E-state index contributed by atoms with van der Waals surface area (Å²) in [5, 5.41) is 6.17. The number of imide groups is 1. The molecule has 1 saturated heterocycles. The Morgan fingerprint density at radius 3 is 2.71 bits per heavy atom. The summed E-state index contributed by atoms with van der Waals surface area (Å²) in [4.78, 5) is 39.1. The van der Waals surface area contributed by atoms with E-state index in [4.69, 9.17) is 11.6 Å². The second-order valence-electron chi connectivity index (χ2n) is 7.19. The fourth-order valence-electron chi connectivity index (χ4n) is 4.07. The number of hydrogen-bond acceptors (Lipinski definition) is 3. The topological polar surface area (TPSA) is 78.5 Å². The standard InChI is InChI=1S/C21H20ClN3O3/c1-13(15-7-3-5-9-17(15)22)23-18(26)12-25-19(27)21(24-20(25)28)11-10-14-6-2-4-8-16(14)21/h2-9,13H,10-12H2,1H3,(H,23,26)(H,24,28). The smallest absolute Gasteiger partial charge is 0.325 e. The highest BCUT2D eigenvalue weighted by Gasteiger charge is 2.55. The number of fused-ring (bicyclic) bond motifs is 2. The maximum absolute atomic E-state index is 13.1. The van der Waals surface area contributed by atoms with E-state index in [0.717, 1.165) is 21.6 Å². The normalized spacial score (nSPS) is 21.6. The van der Waals surface area contributed by atoms with Crippen molar-refractivity contribution in [3.63, 3.8) is 0 Å². The van der Waals surface area contributed by atoms with E-state index in [1.807, 2.05) is 42.5 Å². The van der Waals surface area contributed by atoms with Crippen molar-refractivity contribution in [1.82, 2.24) is 15.5 Å². The molecule has 0 saturated carbocycles. The average molecular weight is 398 g/mol. The van der Waals surface area contributed by atoms with Crippen molar-refractivity contribution >= 4 is 29.4 Å². The van der Waals surface area contributed by atoms with Gasteiger partial charge in [-0.1, -0.05) is 54.1 Å². The van der Waals surface area contributed by atoms with Gasteiger partial charge in [0.25, 0.3) is 5.91 Å². The van der Waals surface area contributed by atoms with Crippen LogP contribution in [0.2, 0.25) is 5.02 Å². The van der Waals surface area contributed by atoms with Crippen molar-refractivity contribution in [3.05, 3.63) is 70.2 Å². The van der Waals surface area contributed by atoms with Crippen molar-refractivity contribution in [2.75, 3.05) is 6.54 Å². The number of benzene rings is 2. The summed E-state index contributed by atoms with van der Waals surface area (Å²) in [7, 11) is 0. The maximum Gasteiger partial charge on any atom is 0.325 e. The van der Waals surface area contributed by atoms with Crippen molar-refractivity contribution in [3.8, 4) is 0 Å². The Balaban J connectivity index is 1.49. The number of carbonyl (C=O) groups is 3. The molecule has 1 fully saturated rings. The fourth-order valence-corrected chi connectivity index (χ4v) is 4.37. The van der Waals surface area contributed by atoms with E-state index in [0.29, 0.717) is 17.9 Å². The van der Waals surface area contributed by atoms with Gasteiger partial charge in [-0.05, 0) is 42.5 Å². The number of hydrogen-bond donors (Lipinski definition) is 2. The number of rotatable bonds is 4. The highest BCUT2D eigenvalue weighted by atomic mass is 35.5. The zero-order valence-electron chi connectivity index (χ0n) is 15.4. The molecule has 1 spiro atoms. The van der Waals surface area contributed by atoms with E-state index in [-0.39, 0.29) is 18.5 Å². The Hall–Kier alpha value is -2.86. The van der Waals surface area contributed by atoms with E-state index < -0.39 is 17.5 Å². The van der Waals surface area contributed by atoms with Crippen LogP contribution in [0, 0.1) is 0 Å². The van der Waals surface area contributed by atoms with E-state index in [9.17, 15) is 14.4 Å². The summed E-state index contributed by atoms with van der Waals surface area (Å²) in [6, 6.07) is 13.9. The Morgan fingerprint density at radius 1 is 1.21 bits per heavy atom. The molecule has 4 amide bonds. The van der Waals surface area contributed by atoms with Gasteiger partial charge in [0.15, 0.2) is 0 Å². The second-order valence-corrected chi connectivity index (χ2v) is 7.60. The first-order chi connectivity index (χ1) is 13.4. The summed E-state index contributed by atoms with van der Waals surface area (Å²) >= 11 is 6.17. The maximum atomic E-state index is 13.1. The lowest BCUT2D eigenvalue weighted by atomic mass is 9.92. The third-order valence-electron chi connectivity index (χ3n) is 5.47. The predicted molar refractivity (Wildman–Crippen MR) is 105 cm³/mol. The molecule has 4 rings (SSSR count). The van der Waals surface area contributed by atoms with Gasteiger partial charge in [0.2, 0.25) is 5.91 Å². The zero-order valence-corrected chi connectivity index (χ0v) is 16.1. The Labute approximate surface area is 167 Å². The molecule has 144 valence electrons. The van der Waals surface area contributed by atoms with Crippen LogP contribution in [0.4, 0.5) is 4.79 Å². The minimum atomic E-state index is -1.05. The van der Waals surface area contributed by atoms with Gasteiger partial charge in [-0.3, -0.25) is 14.5 Å². The third-order valence-corrected chi connectivity index (χ3v) is 5.82. The van der Waals surface area contributed by atoms with Crippen LogP contribution in [0.15, 0.2) is 48.5 Å². The lowest BCUT2D eigenvalue weighted by Gasteiger charge is -2.22. The van der Waals surface area contributed by atoms with Crippen molar-refractivity contribution in [2.45, 2.75) is 31.3 Å². The molecule has 1 aliphatic carbocycles. The molecule has 28 heavy (non-hydrogen) atoms. The second kappa shape index (κ2) is 6.95. The number of halogens is 1. The lowest BCUT2D eigenvalue weighted by Crippen LogP contribution is -2.44. The van der Waals surface area contributed by atoms with Crippen LogP contribution >= 0.6 is 11.6 Å². The quantitative estimate of drug-likeness (QED) is 0.778. The van der Waals surface area contributed by atoms with Gasteiger partial charge in [-0.25, -0.2) is 4.79 Å². The summed E-state index contributed by atoms with van der Waals surface area (Å²) in [5.74, 6) is -0.790. The molecular formula is C21H20ClN3O3. The SMILES string of the molecule is CC(NC(=O)CN1C(=O)NC2(CCc3ccccc32)C1=O)c1ccccc1Cl. The molecule has 0 radical (unpaired) electrons. The Kier molecular flexibility index (Phi) is 4.59. The first-order valence-electron chi connectivity index (χ1n) is 9.18. The van der Waals surface area contributed by atoms with Gasteiger partial charge in [-0.2, -0.15) is 0 Å². The average Bonchev–Trinajstić information content (AvgIpc) is 3.16. The molecule has 2 aromatic carbocycles. The molecule has 2 aliphatic rings. The molecule has 0 bridgehead atoms. The Bertz CT molecular complexity index is 977. The fraction of sp³-hybridized carbons (Fsp3) is 0.286. The summed E-state index contributed by atoms with van der Waals surface area (Å²) in [6.07, 6.45) is 1.22. The largest absolute Gasteiger partial charge is 0.348 e. The van der Waals surface area contributed by atoms with E-state index in [1.165, 1.54) is 0 Å². The van der Waals surface area contributed by atoms with Crippen molar-refractivity contribution in [2.24, 2.45) is 0 Å². The van der Waals surface area contributed by atoms with Crippen LogP contribution in [0.25, 0.3) is 0 Å². The number of nitrogens with one attached hydrogen (secondary N) is 2. The highest BCUT2D eigenvalue weighted by Crippen LogP contribution is 2.41. The van der Waals surface area contributed by atoms with Crippen LogP contribution in [0.3, 0.4) is 0 Å². The number of urea groups is 1. The number of carbonyl (C=O) groups excluding carboxylic acids is 3. The Morgan fingerprint density at radius 2 is 1.93 bits per heavy atom. The van der Waals surface area contributed by atoms with Gasteiger partial charge < -0.3 is 10.6 Å². The molecule has 6 nitrogen and oxygen atoms in total. The molecule has 7 heteroatoms. The third kappa shape index (κ3) is 2.94. The number of aryl methyl sites for hydroxylation is 1. The minimum absolute atomic E-state index is 0.330. The molecule has 2 N–H and O–H groups in total. The molecule has 2 unspecified atom stereocenters. The van der Waals surface area contributed by atoms with E-state index in [2.05, 4.69) is 10.6 Å². The van der Waals surface area contributed by atoms with Gasteiger partial charge in [-0.15, -0.1) is 0 Å². The van der Waals surface area contributed by atoms with Gasteiger partial charge in [0.1, 0.15) is 12.1 Å². The van der Waals surface area contributed by atoms with E-state index >= 15 is 0 Å². The summed E-state index contributed by atoms with van der Waals surface area (Å²) in [6.45, 7) is 1.48. The van der Waals surface area contributed by atoms with Crippen LogP contribution < -0.4 is 10.6 Å². The van der Waals surface area contributed by atoms with Crippen LogP contribution in [0.1, 0.15) is 36.1 Å². The molecule has 2 aromatic rings. The minimum Gasteiger partial charge on any atom is -0.348 e. The molecule has 0 aromatic heterocycles. The number of amides is 4. The van der Waals surface area contributed by atoms with Gasteiger partial charge in [0.05, 0.1) is 6.04 Å². The first-order valence-corrected chi connectivity index (χ1v) is 9.56. The summed E-state index contributed by atoms with van der Waals surface area (Å²) in [5.41, 5.74) is 1.59. The van der Waals surface area contributed by atoms with Crippen molar-refractivity contribution in [1.29, 1.82) is 0 Å². The number of nitrogens with zero attached hydrogens (tertiary/aromatic N) is 1. The zero-order chi connectivity index (χ0) is 19.9. The van der Waals surface area contributed by atoms with E-state index in [1.54, 1.807) is 13.0 Å². The first kappa shape index (κ1) is 18.5. The molecular weight excluding hydrogens is 378 g/mol. The lowest BCUT2D eigenvalue weighted by molar-refractivity contribution is -0.135. The highest BCUT2D eigenvalue weighted by molar-refractivity contribution is 6.31. The summed E-state index contributed by atoms with van der Waals surface area (Å²) < 4.78 is 0. The van der Waals surface area contributed by atoms with Gasteiger partial charge in [0, 0.05) is 5.02 Å². The van der Waals surface area contributed by atoms with Crippen molar-refractivity contribution < 1.29 is 14.4 Å². The monoisotopic (exact) mass is 397 g/mol. The van der Waals surface area contributed by atoms with Crippen LogP contribution in [0.5, 0.6) is 0 Å². The van der Waals surface area contributed by atoms with Crippen LogP contribution in [-0.4, -0.2) is 29.3 Å². The molecule has 1 heterocycles. The predicted octanol–water partition coefficient (Wildman–Crippen LogP) is 2.91. The molecule has 1 aliphatic heterocycles. The molecule has 2 atom stereocenters. The van der Waals surface area contributed by atoms with Gasteiger partial charge >= 0.3 is 6.03 Å².